The molecule has 0 unspecified atom stereocenters. The summed E-state index contributed by atoms with van der Waals surface area (Å²) >= 11 is 0. The Labute approximate surface area is 99.7 Å². The van der Waals surface area contributed by atoms with Gasteiger partial charge < -0.3 is 10.1 Å². The summed E-state index contributed by atoms with van der Waals surface area (Å²) in [7, 11) is 0. The van der Waals surface area contributed by atoms with Gasteiger partial charge in [-0.1, -0.05) is 0 Å². The number of amides is 1. The second-order valence-electron chi connectivity index (χ2n) is 5.55. The maximum atomic E-state index is 12.0. The van der Waals surface area contributed by atoms with Gasteiger partial charge in [0.05, 0.1) is 5.60 Å². The van der Waals surface area contributed by atoms with Crippen molar-refractivity contribution in [2.75, 3.05) is 6.61 Å². The maximum Gasteiger partial charge on any atom is 0.471 e. The molecule has 0 aromatic heterocycles. The molecule has 6 heteroatoms. The van der Waals surface area contributed by atoms with Gasteiger partial charge in [-0.25, -0.2) is 0 Å². The molecular weight excluding hydrogens is 235 g/mol. The Morgan fingerprint density at radius 2 is 1.59 bits per heavy atom. The Bertz CT molecular complexity index is 267. The zero-order valence-electron chi connectivity index (χ0n) is 10.9. The molecule has 3 nitrogen and oxygen atoms in total. The summed E-state index contributed by atoms with van der Waals surface area (Å²) in [6.45, 7) is 8.91. The maximum absolute atomic E-state index is 12.0. The van der Waals surface area contributed by atoms with E-state index in [1.807, 2.05) is 26.1 Å². The fourth-order valence-corrected chi connectivity index (χ4v) is 1.05. The molecule has 1 N–H and O–H groups in total. The minimum Gasteiger partial charge on any atom is -0.376 e. The zero-order chi connectivity index (χ0) is 13.9. The molecule has 1 amide bonds. The summed E-state index contributed by atoms with van der Waals surface area (Å²) in [5.41, 5.74) is -1.29. The molecular formula is C11H20F3NO2. The highest BCUT2D eigenvalue weighted by Gasteiger charge is 2.41. The number of hydrogen-bond acceptors (Lipinski definition) is 2. The lowest BCUT2D eigenvalue weighted by Crippen LogP contribution is -2.49. The van der Waals surface area contributed by atoms with Gasteiger partial charge in [-0.2, -0.15) is 13.2 Å². The average Bonchev–Trinajstić information content (AvgIpc) is 1.97. The van der Waals surface area contributed by atoms with Crippen LogP contribution >= 0.6 is 0 Å². The lowest BCUT2D eigenvalue weighted by atomic mass is 10.0. The van der Waals surface area contributed by atoms with Crippen LogP contribution in [-0.4, -0.2) is 29.8 Å². The predicted molar refractivity (Wildman–Crippen MR) is 58.6 cm³/mol. The van der Waals surface area contributed by atoms with E-state index in [1.165, 1.54) is 13.8 Å². The number of rotatable bonds is 4. The van der Waals surface area contributed by atoms with Crippen LogP contribution in [0.2, 0.25) is 0 Å². The van der Waals surface area contributed by atoms with Crippen LogP contribution in [-0.2, 0) is 9.53 Å². The van der Waals surface area contributed by atoms with Crippen LogP contribution < -0.4 is 5.32 Å². The number of carbonyl (C=O) groups is 1. The van der Waals surface area contributed by atoms with Crippen LogP contribution in [0.1, 0.15) is 41.0 Å². The first-order chi connectivity index (χ1) is 7.33. The Morgan fingerprint density at radius 3 is 1.94 bits per heavy atom. The van der Waals surface area contributed by atoms with Gasteiger partial charge in [-0.15, -0.1) is 0 Å². The Morgan fingerprint density at radius 1 is 1.12 bits per heavy atom. The summed E-state index contributed by atoms with van der Waals surface area (Å²) in [5.74, 6) is -1.92. The molecule has 102 valence electrons. The van der Waals surface area contributed by atoms with Crippen molar-refractivity contribution in [1.82, 2.24) is 5.32 Å². The molecule has 0 saturated carbocycles. The monoisotopic (exact) mass is 255 g/mol. The number of hydrogen-bond donors (Lipinski definition) is 1. The third-order valence-corrected chi connectivity index (χ3v) is 1.97. The molecule has 0 rings (SSSR count). The van der Waals surface area contributed by atoms with Gasteiger partial charge in [-0.3, -0.25) is 4.79 Å². The van der Waals surface area contributed by atoms with Gasteiger partial charge in [0.1, 0.15) is 0 Å². The van der Waals surface area contributed by atoms with E-state index in [1.54, 1.807) is 0 Å². The van der Waals surface area contributed by atoms with Crippen LogP contribution in [0.3, 0.4) is 0 Å². The first-order valence-electron chi connectivity index (χ1n) is 5.37. The van der Waals surface area contributed by atoms with Crippen LogP contribution in [0.25, 0.3) is 0 Å². The highest BCUT2D eigenvalue weighted by molar-refractivity contribution is 5.82. The molecule has 0 aromatic carbocycles. The molecule has 0 fully saturated rings. The lowest BCUT2D eigenvalue weighted by molar-refractivity contribution is -0.175. The lowest BCUT2D eigenvalue weighted by Gasteiger charge is -2.28. The number of nitrogens with one attached hydrogen (secondary N) is 1. The van der Waals surface area contributed by atoms with Crippen molar-refractivity contribution in [1.29, 1.82) is 0 Å². The third-order valence-electron chi connectivity index (χ3n) is 1.97. The van der Waals surface area contributed by atoms with Crippen molar-refractivity contribution in [3.63, 3.8) is 0 Å². The predicted octanol–water partition coefficient (Wildman–Crippen LogP) is 2.65. The zero-order valence-corrected chi connectivity index (χ0v) is 10.9. The molecule has 0 aromatic rings. The van der Waals surface area contributed by atoms with E-state index in [0.717, 1.165) is 0 Å². The van der Waals surface area contributed by atoms with Gasteiger partial charge in [0.2, 0.25) is 0 Å². The molecule has 0 heterocycles. The topological polar surface area (TPSA) is 38.3 Å². The standard InChI is InChI=1S/C11H20F3NO2/c1-9(2,3)17-7-6-10(4,5)15-8(16)11(12,13)14/h6-7H2,1-5H3,(H,15,16). The highest BCUT2D eigenvalue weighted by Crippen LogP contribution is 2.18. The van der Waals surface area contributed by atoms with Crippen LogP contribution in [0.5, 0.6) is 0 Å². The Kier molecular flexibility index (Phi) is 5.01. The summed E-state index contributed by atoms with van der Waals surface area (Å²) in [6.07, 6.45) is -4.53. The first kappa shape index (κ1) is 16.2. The van der Waals surface area contributed by atoms with Crippen molar-refractivity contribution < 1.29 is 22.7 Å². The Balaban J connectivity index is 4.17. The fraction of sp³-hybridized carbons (Fsp3) is 0.909. The third kappa shape index (κ3) is 8.01. The summed E-state index contributed by atoms with van der Waals surface area (Å²) in [5, 5.41) is 1.94. The average molecular weight is 255 g/mol. The molecule has 0 atom stereocenters. The van der Waals surface area contributed by atoms with Crippen LogP contribution in [0.4, 0.5) is 13.2 Å². The Hall–Kier alpha value is -0.780. The van der Waals surface area contributed by atoms with E-state index in [0.29, 0.717) is 6.42 Å². The van der Waals surface area contributed by atoms with Crippen LogP contribution in [0.15, 0.2) is 0 Å². The van der Waals surface area contributed by atoms with Crippen molar-refractivity contribution in [2.24, 2.45) is 0 Å². The van der Waals surface area contributed by atoms with Gasteiger partial charge in [-0.05, 0) is 41.0 Å². The molecule has 17 heavy (non-hydrogen) atoms. The second-order valence-corrected chi connectivity index (χ2v) is 5.55. The smallest absolute Gasteiger partial charge is 0.376 e. The highest BCUT2D eigenvalue weighted by atomic mass is 19.4. The quantitative estimate of drug-likeness (QED) is 0.838. The van der Waals surface area contributed by atoms with Crippen LogP contribution in [0, 0.1) is 0 Å². The molecule has 0 saturated heterocycles. The summed E-state index contributed by atoms with van der Waals surface area (Å²) < 4.78 is 41.5. The van der Waals surface area contributed by atoms with Gasteiger partial charge in [0.25, 0.3) is 0 Å². The molecule has 0 spiro atoms. The number of carbonyl (C=O) groups excluding carboxylic acids is 1. The molecule has 0 bridgehead atoms. The summed E-state index contributed by atoms with van der Waals surface area (Å²) in [6, 6.07) is 0. The summed E-state index contributed by atoms with van der Waals surface area (Å²) in [4.78, 5) is 10.8. The van der Waals surface area contributed by atoms with Crippen molar-refractivity contribution in [3.05, 3.63) is 0 Å². The largest absolute Gasteiger partial charge is 0.471 e. The number of halogens is 3. The minimum atomic E-state index is -4.85. The van der Waals surface area contributed by atoms with E-state index >= 15 is 0 Å². The van der Waals surface area contributed by atoms with E-state index in [-0.39, 0.29) is 12.2 Å². The first-order valence-corrected chi connectivity index (χ1v) is 5.37. The molecule has 0 radical (unpaired) electrons. The molecule has 0 aliphatic rings. The van der Waals surface area contributed by atoms with Gasteiger partial charge >= 0.3 is 12.1 Å². The van der Waals surface area contributed by atoms with Crippen molar-refractivity contribution >= 4 is 5.91 Å². The molecule has 0 aliphatic carbocycles. The van der Waals surface area contributed by atoms with Crippen molar-refractivity contribution in [2.45, 2.75) is 58.4 Å². The number of ether oxygens (including phenoxy) is 1. The fourth-order valence-electron chi connectivity index (χ4n) is 1.05. The van der Waals surface area contributed by atoms with Crippen molar-refractivity contribution in [3.8, 4) is 0 Å². The second kappa shape index (κ2) is 5.25. The molecule has 0 aliphatic heterocycles. The van der Waals surface area contributed by atoms with E-state index in [9.17, 15) is 18.0 Å². The normalized spacial score (nSPS) is 13.6. The van der Waals surface area contributed by atoms with Gasteiger partial charge in [0, 0.05) is 12.1 Å². The van der Waals surface area contributed by atoms with Gasteiger partial charge in [0.15, 0.2) is 0 Å². The number of alkyl halides is 3. The minimum absolute atomic E-state index is 0.286. The van der Waals surface area contributed by atoms with E-state index in [4.69, 9.17) is 4.74 Å². The SMILES string of the molecule is CC(C)(CCOC(C)(C)C)NC(=O)C(F)(F)F. The van der Waals surface area contributed by atoms with E-state index < -0.39 is 17.6 Å². The van der Waals surface area contributed by atoms with E-state index in [2.05, 4.69) is 0 Å².